The zero-order chi connectivity index (χ0) is 22.1. The van der Waals surface area contributed by atoms with Crippen molar-refractivity contribution in [1.29, 1.82) is 0 Å². The molecular formula is C25H17N3O3S. The predicted octanol–water partition coefficient (Wildman–Crippen LogP) is 4.94. The minimum Gasteiger partial charge on any atom is -0.354 e. The van der Waals surface area contributed by atoms with Gasteiger partial charge in [0.25, 0.3) is 17.1 Å². The molecule has 3 N–H and O–H groups in total. The minimum atomic E-state index is -0.385. The third kappa shape index (κ3) is 3.81. The van der Waals surface area contributed by atoms with E-state index in [2.05, 4.69) is 16.0 Å². The Bertz CT molecular complexity index is 1310. The first-order valence-electron chi connectivity index (χ1n) is 9.91. The van der Waals surface area contributed by atoms with Crippen molar-refractivity contribution < 1.29 is 14.4 Å². The number of thioether (sulfide) groups is 1. The molecule has 0 atom stereocenters. The lowest BCUT2D eigenvalue weighted by molar-refractivity contribution is -0.115. The maximum Gasteiger partial charge on any atom is 0.290 e. The van der Waals surface area contributed by atoms with Gasteiger partial charge >= 0.3 is 0 Å². The van der Waals surface area contributed by atoms with Crippen molar-refractivity contribution in [2.24, 2.45) is 0 Å². The summed E-state index contributed by atoms with van der Waals surface area (Å²) in [5.74, 6) is -0.544. The highest BCUT2D eigenvalue weighted by Crippen LogP contribution is 2.37. The lowest BCUT2D eigenvalue weighted by Gasteiger charge is -2.15. The van der Waals surface area contributed by atoms with Crippen LogP contribution in [0.1, 0.15) is 16.7 Å². The van der Waals surface area contributed by atoms with Gasteiger partial charge in [-0.05, 0) is 47.2 Å². The number of fused-ring (bicyclic) bond motifs is 1. The zero-order valence-electron chi connectivity index (χ0n) is 16.7. The van der Waals surface area contributed by atoms with Gasteiger partial charge in [-0.3, -0.25) is 19.7 Å². The average molecular weight is 439 g/mol. The number of anilines is 2. The first-order chi connectivity index (χ1) is 15.6. The number of benzene rings is 3. The SMILES string of the molecule is O=C1NC(=O)/C(=C/c2ccc(NC(=C3C(=O)Nc4ccccc43)c3ccccc3)cc2)S1. The van der Waals surface area contributed by atoms with Crippen LogP contribution in [0.3, 0.4) is 0 Å². The lowest BCUT2D eigenvalue weighted by Crippen LogP contribution is -2.17. The van der Waals surface area contributed by atoms with E-state index in [1.807, 2.05) is 78.9 Å². The predicted molar refractivity (Wildman–Crippen MR) is 127 cm³/mol. The van der Waals surface area contributed by atoms with E-state index in [-0.39, 0.29) is 17.1 Å². The maximum absolute atomic E-state index is 12.9. The van der Waals surface area contributed by atoms with Gasteiger partial charge in [0, 0.05) is 16.9 Å². The number of imide groups is 1. The molecule has 1 fully saturated rings. The smallest absolute Gasteiger partial charge is 0.290 e. The molecule has 2 heterocycles. The van der Waals surface area contributed by atoms with Crippen LogP contribution in [-0.2, 0) is 9.59 Å². The number of carbonyl (C=O) groups is 3. The Morgan fingerprint density at radius 1 is 0.781 bits per heavy atom. The molecule has 0 aromatic heterocycles. The summed E-state index contributed by atoms with van der Waals surface area (Å²) in [5.41, 5.74) is 5.38. The summed E-state index contributed by atoms with van der Waals surface area (Å²) in [5, 5.41) is 8.21. The van der Waals surface area contributed by atoms with Gasteiger partial charge in [-0.1, -0.05) is 60.7 Å². The van der Waals surface area contributed by atoms with Crippen molar-refractivity contribution in [3.05, 3.63) is 100 Å². The molecule has 6 nitrogen and oxygen atoms in total. The van der Waals surface area contributed by atoms with Gasteiger partial charge in [-0.25, -0.2) is 0 Å². The van der Waals surface area contributed by atoms with Crippen molar-refractivity contribution in [3.8, 4) is 0 Å². The molecule has 0 radical (unpaired) electrons. The van der Waals surface area contributed by atoms with E-state index < -0.39 is 0 Å². The second kappa shape index (κ2) is 8.20. The number of hydrogen-bond donors (Lipinski definition) is 3. The Balaban J connectivity index is 1.51. The molecule has 0 spiro atoms. The molecule has 0 aliphatic carbocycles. The minimum absolute atomic E-state index is 0.159. The topological polar surface area (TPSA) is 87.3 Å². The van der Waals surface area contributed by atoms with E-state index in [1.165, 1.54) is 0 Å². The molecule has 2 aliphatic rings. The molecule has 5 rings (SSSR count). The van der Waals surface area contributed by atoms with E-state index >= 15 is 0 Å². The van der Waals surface area contributed by atoms with E-state index in [4.69, 9.17) is 0 Å². The fourth-order valence-corrected chi connectivity index (χ4v) is 4.31. The summed E-state index contributed by atoms with van der Waals surface area (Å²) in [4.78, 5) is 36.3. The largest absolute Gasteiger partial charge is 0.354 e. The zero-order valence-corrected chi connectivity index (χ0v) is 17.5. The van der Waals surface area contributed by atoms with E-state index in [0.29, 0.717) is 16.2 Å². The molecule has 32 heavy (non-hydrogen) atoms. The number of nitrogens with one attached hydrogen (secondary N) is 3. The monoisotopic (exact) mass is 439 g/mol. The van der Waals surface area contributed by atoms with Gasteiger partial charge in [-0.2, -0.15) is 0 Å². The molecular weight excluding hydrogens is 422 g/mol. The summed E-state index contributed by atoms with van der Waals surface area (Å²) in [6.45, 7) is 0. The molecule has 2 aliphatic heterocycles. The molecule has 3 aromatic carbocycles. The van der Waals surface area contributed by atoms with Crippen LogP contribution in [-0.4, -0.2) is 17.1 Å². The molecule has 7 heteroatoms. The van der Waals surface area contributed by atoms with Gasteiger partial charge in [0.05, 0.1) is 16.2 Å². The Morgan fingerprint density at radius 2 is 1.50 bits per heavy atom. The van der Waals surface area contributed by atoms with E-state index in [1.54, 1.807) is 6.08 Å². The van der Waals surface area contributed by atoms with Crippen LogP contribution in [0.4, 0.5) is 16.2 Å². The van der Waals surface area contributed by atoms with Gasteiger partial charge in [-0.15, -0.1) is 0 Å². The second-order valence-electron chi connectivity index (χ2n) is 7.21. The van der Waals surface area contributed by atoms with E-state index in [0.717, 1.165) is 39.8 Å². The molecule has 0 bridgehead atoms. The van der Waals surface area contributed by atoms with Crippen LogP contribution in [0.2, 0.25) is 0 Å². The third-order valence-electron chi connectivity index (χ3n) is 5.10. The summed E-state index contributed by atoms with van der Waals surface area (Å²) in [6, 6.07) is 24.7. The van der Waals surface area contributed by atoms with Crippen LogP contribution in [0, 0.1) is 0 Å². The fourth-order valence-electron chi connectivity index (χ4n) is 3.63. The Hall–Kier alpha value is -4.10. The van der Waals surface area contributed by atoms with Crippen LogP contribution in [0.25, 0.3) is 17.3 Å². The van der Waals surface area contributed by atoms with Gasteiger partial charge in [0.15, 0.2) is 0 Å². The molecule has 0 unspecified atom stereocenters. The lowest BCUT2D eigenvalue weighted by atomic mass is 10.00. The Kier molecular flexibility index (Phi) is 5.09. The molecule has 3 aromatic rings. The first kappa shape index (κ1) is 19.8. The van der Waals surface area contributed by atoms with Crippen molar-refractivity contribution in [3.63, 3.8) is 0 Å². The highest BCUT2D eigenvalue weighted by Gasteiger charge is 2.28. The van der Waals surface area contributed by atoms with Crippen molar-refractivity contribution in [1.82, 2.24) is 5.32 Å². The Labute approximate surface area is 188 Å². The summed E-state index contributed by atoms with van der Waals surface area (Å²) < 4.78 is 0. The number of rotatable bonds is 4. The van der Waals surface area contributed by atoms with Crippen molar-refractivity contribution in [2.75, 3.05) is 10.6 Å². The standard InChI is InChI=1S/C25H17N3O3S/c29-23-20(32-25(31)28-23)14-15-10-12-17(13-11-15)26-22(16-6-2-1-3-7-16)21-18-8-4-5-9-19(18)27-24(21)30/h1-14,26H,(H,27,30)(H,28,29,31)/b20-14-,22-21?. The number of hydrogen-bond acceptors (Lipinski definition) is 5. The number of carbonyl (C=O) groups excluding carboxylic acids is 3. The average Bonchev–Trinajstić information content (AvgIpc) is 3.30. The van der Waals surface area contributed by atoms with Gasteiger partial charge < -0.3 is 10.6 Å². The number of para-hydroxylation sites is 1. The third-order valence-corrected chi connectivity index (χ3v) is 5.91. The molecule has 1 saturated heterocycles. The van der Waals surface area contributed by atoms with Gasteiger partial charge in [0.2, 0.25) is 0 Å². The molecule has 0 saturated carbocycles. The van der Waals surface area contributed by atoms with Crippen molar-refractivity contribution >= 4 is 57.5 Å². The highest BCUT2D eigenvalue weighted by molar-refractivity contribution is 8.18. The first-order valence-corrected chi connectivity index (χ1v) is 10.7. The molecule has 3 amide bonds. The van der Waals surface area contributed by atoms with Crippen LogP contribution < -0.4 is 16.0 Å². The summed E-state index contributed by atoms with van der Waals surface area (Å²) >= 11 is 0.885. The Morgan fingerprint density at radius 3 is 2.22 bits per heavy atom. The quantitative estimate of drug-likeness (QED) is 0.501. The second-order valence-corrected chi connectivity index (χ2v) is 8.23. The van der Waals surface area contributed by atoms with Crippen molar-refractivity contribution in [2.45, 2.75) is 0 Å². The number of amides is 3. The maximum atomic E-state index is 12.9. The fraction of sp³-hybridized carbons (Fsp3) is 0. The van der Waals surface area contributed by atoms with Crippen LogP contribution >= 0.6 is 11.8 Å². The highest BCUT2D eigenvalue weighted by atomic mass is 32.2. The van der Waals surface area contributed by atoms with Gasteiger partial charge in [0.1, 0.15) is 0 Å². The van der Waals surface area contributed by atoms with E-state index in [9.17, 15) is 14.4 Å². The van der Waals surface area contributed by atoms with Crippen LogP contribution in [0.15, 0.2) is 83.8 Å². The summed E-state index contributed by atoms with van der Waals surface area (Å²) in [7, 11) is 0. The normalized spacial score (nSPS) is 17.8. The summed E-state index contributed by atoms with van der Waals surface area (Å²) in [6.07, 6.45) is 1.67. The molecule has 156 valence electrons. The van der Waals surface area contributed by atoms with Crippen LogP contribution in [0.5, 0.6) is 0 Å².